The maximum atomic E-state index is 13.6. The Labute approximate surface area is 188 Å². The summed E-state index contributed by atoms with van der Waals surface area (Å²) in [6.45, 7) is 0. The first-order valence-electron chi connectivity index (χ1n) is 9.21. The fraction of sp³-hybridized carbons (Fsp3) is 0.278. The Balaban J connectivity index is 1.45. The fourth-order valence-corrected chi connectivity index (χ4v) is 5.60. The van der Waals surface area contributed by atoms with Crippen LogP contribution in [0, 0.1) is 5.82 Å². The van der Waals surface area contributed by atoms with Gasteiger partial charge in [-0.3, -0.25) is 19.6 Å². The molecule has 1 fully saturated rings. The lowest BCUT2D eigenvalue weighted by Gasteiger charge is -2.49. The number of aromatic nitrogens is 3. The van der Waals surface area contributed by atoms with Gasteiger partial charge in [0, 0.05) is 11.5 Å². The minimum Gasteiger partial charge on any atom is -0.505 e. The number of β-lactam (4-membered cyclic amide) rings is 1. The molecular formula is C18H17FN6O5S2. The molecule has 0 radical (unpaired) electrons. The van der Waals surface area contributed by atoms with E-state index in [1.165, 1.54) is 29.6 Å². The summed E-state index contributed by atoms with van der Waals surface area (Å²) in [5.74, 6) is -3.36. The van der Waals surface area contributed by atoms with Crippen LogP contribution in [0.4, 0.5) is 4.39 Å². The molecule has 2 aliphatic heterocycles. The van der Waals surface area contributed by atoms with Crippen LogP contribution in [0.25, 0.3) is 0 Å². The summed E-state index contributed by atoms with van der Waals surface area (Å²) in [5.41, 5.74) is 6.44. The molecule has 2 amide bonds. The van der Waals surface area contributed by atoms with E-state index in [0.717, 1.165) is 17.0 Å². The van der Waals surface area contributed by atoms with Gasteiger partial charge in [0.25, 0.3) is 5.91 Å². The van der Waals surface area contributed by atoms with Crippen molar-refractivity contribution < 1.29 is 29.0 Å². The van der Waals surface area contributed by atoms with Gasteiger partial charge >= 0.3 is 5.97 Å². The lowest BCUT2D eigenvalue weighted by molar-refractivity contribution is -0.150. The number of H-pyrrole nitrogens is 1. The number of nitrogens with two attached hydrogens (primary N) is 1. The van der Waals surface area contributed by atoms with Crippen molar-refractivity contribution in [2.75, 3.05) is 11.5 Å². The highest BCUT2D eigenvalue weighted by atomic mass is 32.2. The number of hydrogen-bond donors (Lipinski definition) is 5. The number of carbonyl (C=O) groups excluding carboxylic acids is 2. The second-order valence-electron chi connectivity index (χ2n) is 6.94. The lowest BCUT2D eigenvalue weighted by Crippen LogP contribution is -2.71. The molecular weight excluding hydrogens is 463 g/mol. The number of fused-ring (bicyclic) bond motifs is 1. The van der Waals surface area contributed by atoms with Crippen LogP contribution < -0.4 is 11.1 Å². The van der Waals surface area contributed by atoms with Gasteiger partial charge in [-0.05, 0) is 23.3 Å². The molecule has 14 heteroatoms. The number of rotatable bonds is 7. The molecule has 11 nitrogen and oxygen atoms in total. The third-order valence-corrected chi connectivity index (χ3v) is 7.28. The van der Waals surface area contributed by atoms with Crippen molar-refractivity contribution in [3.05, 3.63) is 47.0 Å². The zero-order chi connectivity index (χ0) is 23.0. The van der Waals surface area contributed by atoms with Gasteiger partial charge in [-0.25, -0.2) is 9.18 Å². The Bertz CT molecular complexity index is 1110. The van der Waals surface area contributed by atoms with Gasteiger partial charge < -0.3 is 21.3 Å². The number of phenolic OH excluding ortho intramolecular Hbond substituents is 1. The van der Waals surface area contributed by atoms with E-state index in [9.17, 15) is 29.0 Å². The summed E-state index contributed by atoms with van der Waals surface area (Å²) in [5, 5.41) is 31.5. The van der Waals surface area contributed by atoms with Crippen molar-refractivity contribution in [2.45, 2.75) is 22.5 Å². The van der Waals surface area contributed by atoms with Crippen molar-refractivity contribution >= 4 is 41.3 Å². The smallest absolute Gasteiger partial charge is 0.352 e. The van der Waals surface area contributed by atoms with E-state index in [4.69, 9.17) is 5.73 Å². The summed E-state index contributed by atoms with van der Waals surface area (Å²) in [6, 6.07) is 1.09. The molecule has 6 N–H and O–H groups in total. The number of carbonyl (C=O) groups is 3. The molecule has 0 bridgehead atoms. The van der Waals surface area contributed by atoms with Crippen LogP contribution in [0.15, 0.2) is 40.7 Å². The molecule has 168 valence electrons. The van der Waals surface area contributed by atoms with Crippen molar-refractivity contribution in [1.82, 2.24) is 25.6 Å². The van der Waals surface area contributed by atoms with Crippen LogP contribution in [0.5, 0.6) is 5.75 Å². The normalized spacial score (nSPS) is 21.1. The van der Waals surface area contributed by atoms with E-state index < -0.39 is 46.8 Å². The van der Waals surface area contributed by atoms with Crippen LogP contribution >= 0.6 is 23.5 Å². The predicted octanol–water partition coefficient (Wildman–Crippen LogP) is 0.180. The zero-order valence-electron chi connectivity index (χ0n) is 16.2. The predicted molar refractivity (Wildman–Crippen MR) is 112 cm³/mol. The third-order valence-electron chi connectivity index (χ3n) is 4.95. The number of carboxylic acid groups (broad SMARTS) is 1. The van der Waals surface area contributed by atoms with E-state index in [2.05, 4.69) is 20.7 Å². The number of carboxylic acids is 1. The molecule has 0 aliphatic carbocycles. The molecule has 1 aromatic heterocycles. The number of nitrogens with one attached hydrogen (secondary N) is 2. The van der Waals surface area contributed by atoms with Gasteiger partial charge in [0.1, 0.15) is 28.2 Å². The van der Waals surface area contributed by atoms with E-state index in [-0.39, 0.29) is 11.3 Å². The highest BCUT2D eigenvalue weighted by Gasteiger charge is 2.54. The van der Waals surface area contributed by atoms with Crippen molar-refractivity contribution in [3.63, 3.8) is 0 Å². The van der Waals surface area contributed by atoms with Gasteiger partial charge in [-0.2, -0.15) is 0 Å². The number of phenols is 1. The number of thioether (sulfide) groups is 2. The van der Waals surface area contributed by atoms with Crippen molar-refractivity contribution in [3.8, 4) is 5.75 Å². The van der Waals surface area contributed by atoms with E-state index in [1.54, 1.807) is 6.20 Å². The first-order chi connectivity index (χ1) is 15.3. The summed E-state index contributed by atoms with van der Waals surface area (Å²) >= 11 is 2.61. The Kier molecular flexibility index (Phi) is 6.08. The topological polar surface area (TPSA) is 175 Å². The van der Waals surface area contributed by atoms with Crippen LogP contribution in [-0.2, 0) is 14.4 Å². The molecule has 2 aromatic rings. The van der Waals surface area contributed by atoms with E-state index >= 15 is 0 Å². The Hall–Kier alpha value is -3.10. The molecule has 2 unspecified atom stereocenters. The number of aliphatic carboxylic acids is 1. The second-order valence-corrected chi connectivity index (χ2v) is 9.04. The molecule has 3 atom stereocenters. The summed E-state index contributed by atoms with van der Waals surface area (Å²) in [7, 11) is 0. The minimum absolute atomic E-state index is 0.106. The Morgan fingerprint density at radius 1 is 1.47 bits per heavy atom. The number of hydrogen-bond acceptors (Lipinski definition) is 9. The molecule has 1 saturated heterocycles. The first kappa shape index (κ1) is 22.1. The number of aromatic hydroxyl groups is 1. The average molecular weight is 481 g/mol. The number of benzene rings is 1. The summed E-state index contributed by atoms with van der Waals surface area (Å²) in [6.07, 6.45) is 1.58. The zero-order valence-corrected chi connectivity index (χ0v) is 17.8. The molecule has 4 rings (SSSR count). The summed E-state index contributed by atoms with van der Waals surface area (Å²) in [4.78, 5) is 38.3. The van der Waals surface area contributed by atoms with Gasteiger partial charge in [0.05, 0.1) is 6.20 Å². The van der Waals surface area contributed by atoms with E-state index in [0.29, 0.717) is 22.1 Å². The van der Waals surface area contributed by atoms with Gasteiger partial charge in [0.2, 0.25) is 5.91 Å². The van der Waals surface area contributed by atoms with Gasteiger partial charge in [-0.1, -0.05) is 23.0 Å². The molecule has 1 aromatic carbocycles. The largest absolute Gasteiger partial charge is 0.505 e. The maximum absolute atomic E-state index is 13.6. The highest BCUT2D eigenvalue weighted by Crippen LogP contribution is 2.41. The average Bonchev–Trinajstić information content (AvgIpc) is 3.30. The minimum atomic E-state index is -1.27. The summed E-state index contributed by atoms with van der Waals surface area (Å²) < 4.78 is 13.6. The third kappa shape index (κ3) is 4.03. The van der Waals surface area contributed by atoms with Crippen molar-refractivity contribution in [1.29, 1.82) is 0 Å². The van der Waals surface area contributed by atoms with Crippen molar-refractivity contribution in [2.24, 2.45) is 5.73 Å². The fourth-order valence-electron chi connectivity index (χ4n) is 3.33. The Morgan fingerprint density at radius 2 is 2.25 bits per heavy atom. The van der Waals surface area contributed by atoms with E-state index in [1.807, 2.05) is 0 Å². The quantitative estimate of drug-likeness (QED) is 0.272. The first-order valence-corrected chi connectivity index (χ1v) is 11.2. The van der Waals surface area contributed by atoms with Crippen LogP contribution in [-0.4, -0.2) is 71.2 Å². The Morgan fingerprint density at radius 3 is 2.91 bits per heavy atom. The standard InChI is InChI=1S/C18H17FN6O5S2/c19-9-3-7(1-2-10(9)26)12(20)15(27)22-13-16(28)25-14(18(29)30)8(6-32-17(13)25)5-31-11-4-21-24-23-11/h1-4,12-13,17,26H,5-6,20H2,(H,22,27)(H,29,30)(H,21,23,24)/t12?,13?,17-/m0/s1. The molecule has 32 heavy (non-hydrogen) atoms. The van der Waals surface area contributed by atoms with Crippen LogP contribution in [0.3, 0.4) is 0 Å². The van der Waals surface area contributed by atoms with Crippen LogP contribution in [0.2, 0.25) is 0 Å². The molecule has 2 aliphatic rings. The SMILES string of the molecule is NC(C(=O)NC1C(=O)N2C(C(=O)O)=C(CSc3c[nH]nn3)CS[C@@H]12)c1ccc(O)c(F)c1. The second kappa shape index (κ2) is 8.80. The number of aromatic amines is 1. The lowest BCUT2D eigenvalue weighted by atomic mass is 10.0. The maximum Gasteiger partial charge on any atom is 0.352 e. The molecule has 0 spiro atoms. The molecule has 3 heterocycles. The van der Waals surface area contributed by atoms with Gasteiger partial charge in [-0.15, -0.1) is 16.9 Å². The number of nitrogens with zero attached hydrogens (tertiary/aromatic N) is 3. The number of halogens is 1. The number of amides is 2. The monoisotopic (exact) mass is 480 g/mol. The van der Waals surface area contributed by atoms with Crippen LogP contribution in [0.1, 0.15) is 11.6 Å². The highest BCUT2D eigenvalue weighted by molar-refractivity contribution is 8.01. The molecule has 0 saturated carbocycles. The van der Waals surface area contributed by atoms with Gasteiger partial charge in [0.15, 0.2) is 11.6 Å².